The van der Waals surface area contributed by atoms with Crippen LogP contribution in [-0.4, -0.2) is 51.0 Å². The van der Waals surface area contributed by atoms with Gasteiger partial charge < -0.3 is 14.9 Å². The van der Waals surface area contributed by atoms with Gasteiger partial charge >= 0.3 is 12.0 Å². The fraction of sp³-hybridized carbons (Fsp3) is 0.533. The standard InChI is InChI=1S/C15H21N3O3/c1-15(13(19)20)7-3-4-9-18(15)14(21)17(2)11-12-6-5-8-16-10-12/h5-6,8,10H,3-4,7,9,11H2,1-2H3,(H,19,20). The number of nitrogens with zero attached hydrogens (tertiary/aromatic N) is 3. The molecular weight excluding hydrogens is 270 g/mol. The minimum absolute atomic E-state index is 0.247. The van der Waals surface area contributed by atoms with E-state index in [1.807, 2.05) is 12.1 Å². The maximum Gasteiger partial charge on any atom is 0.329 e. The average Bonchev–Trinajstić information content (AvgIpc) is 2.48. The Morgan fingerprint density at radius 3 is 2.86 bits per heavy atom. The summed E-state index contributed by atoms with van der Waals surface area (Å²) >= 11 is 0. The summed E-state index contributed by atoms with van der Waals surface area (Å²) in [7, 11) is 1.69. The van der Waals surface area contributed by atoms with Crippen LogP contribution in [0.25, 0.3) is 0 Å². The molecule has 114 valence electrons. The van der Waals surface area contributed by atoms with Gasteiger partial charge in [-0.25, -0.2) is 9.59 Å². The molecule has 2 rings (SSSR count). The molecule has 1 fully saturated rings. The molecule has 1 aliphatic rings. The van der Waals surface area contributed by atoms with Crippen LogP contribution in [-0.2, 0) is 11.3 Å². The van der Waals surface area contributed by atoms with Crippen molar-refractivity contribution >= 4 is 12.0 Å². The zero-order valence-electron chi connectivity index (χ0n) is 12.5. The molecule has 0 spiro atoms. The molecule has 2 amide bonds. The van der Waals surface area contributed by atoms with Gasteiger partial charge in [-0.15, -0.1) is 0 Å². The van der Waals surface area contributed by atoms with Gasteiger partial charge in [0, 0.05) is 32.5 Å². The first-order chi connectivity index (χ1) is 9.95. The van der Waals surface area contributed by atoms with Crippen LogP contribution in [0.5, 0.6) is 0 Å². The maximum absolute atomic E-state index is 12.6. The summed E-state index contributed by atoms with van der Waals surface area (Å²) in [5, 5.41) is 9.47. The van der Waals surface area contributed by atoms with Crippen LogP contribution in [0.1, 0.15) is 31.7 Å². The SMILES string of the molecule is CN(Cc1cccnc1)C(=O)N1CCCCC1(C)C(=O)O. The molecule has 0 aromatic carbocycles. The van der Waals surface area contributed by atoms with Crippen LogP contribution in [0, 0.1) is 0 Å². The first-order valence-electron chi connectivity index (χ1n) is 7.10. The monoisotopic (exact) mass is 291 g/mol. The van der Waals surface area contributed by atoms with Gasteiger partial charge in [0.2, 0.25) is 0 Å². The molecule has 0 aliphatic carbocycles. The van der Waals surface area contributed by atoms with E-state index in [1.165, 1.54) is 4.90 Å². The second kappa shape index (κ2) is 6.11. The lowest BCUT2D eigenvalue weighted by Crippen LogP contribution is -2.60. The zero-order chi connectivity index (χ0) is 15.5. The molecule has 21 heavy (non-hydrogen) atoms. The highest BCUT2D eigenvalue weighted by Gasteiger charge is 2.44. The van der Waals surface area contributed by atoms with Crippen molar-refractivity contribution in [2.45, 2.75) is 38.3 Å². The number of pyridine rings is 1. The summed E-state index contributed by atoms with van der Waals surface area (Å²) in [5.74, 6) is -0.940. The Morgan fingerprint density at radius 2 is 2.24 bits per heavy atom. The van der Waals surface area contributed by atoms with E-state index in [-0.39, 0.29) is 6.03 Å². The largest absolute Gasteiger partial charge is 0.480 e. The molecule has 1 aliphatic heterocycles. The van der Waals surface area contributed by atoms with Crippen molar-refractivity contribution in [2.24, 2.45) is 0 Å². The second-order valence-corrected chi connectivity index (χ2v) is 5.69. The van der Waals surface area contributed by atoms with Gasteiger partial charge in [-0.3, -0.25) is 4.98 Å². The van der Waals surface area contributed by atoms with Crippen molar-refractivity contribution in [3.05, 3.63) is 30.1 Å². The normalized spacial score (nSPS) is 21.9. The van der Waals surface area contributed by atoms with Crippen LogP contribution >= 0.6 is 0 Å². The molecule has 6 nitrogen and oxygen atoms in total. The van der Waals surface area contributed by atoms with Crippen LogP contribution in [0.15, 0.2) is 24.5 Å². The van der Waals surface area contributed by atoms with Gasteiger partial charge in [0.15, 0.2) is 0 Å². The molecule has 1 aromatic rings. The van der Waals surface area contributed by atoms with E-state index in [9.17, 15) is 14.7 Å². The summed E-state index contributed by atoms with van der Waals surface area (Å²) in [6.07, 6.45) is 5.55. The summed E-state index contributed by atoms with van der Waals surface area (Å²) in [5.41, 5.74) is -0.194. The molecule has 6 heteroatoms. The third-order valence-electron chi connectivity index (χ3n) is 4.05. The van der Waals surface area contributed by atoms with E-state index in [4.69, 9.17) is 0 Å². The van der Waals surface area contributed by atoms with E-state index < -0.39 is 11.5 Å². The molecule has 1 saturated heterocycles. The van der Waals surface area contributed by atoms with E-state index in [0.29, 0.717) is 19.5 Å². The summed E-state index contributed by atoms with van der Waals surface area (Å²) in [6.45, 7) is 2.53. The van der Waals surface area contributed by atoms with Crippen LogP contribution in [0.2, 0.25) is 0 Å². The molecule has 1 atom stereocenters. The number of carbonyl (C=O) groups excluding carboxylic acids is 1. The van der Waals surface area contributed by atoms with Gasteiger partial charge in [0.05, 0.1) is 0 Å². The Kier molecular flexibility index (Phi) is 4.45. The highest BCUT2D eigenvalue weighted by Crippen LogP contribution is 2.29. The quantitative estimate of drug-likeness (QED) is 0.924. The van der Waals surface area contributed by atoms with Gasteiger partial charge in [0.25, 0.3) is 0 Å². The van der Waals surface area contributed by atoms with Gasteiger partial charge in [-0.2, -0.15) is 0 Å². The number of likely N-dealkylation sites (tertiary alicyclic amines) is 1. The smallest absolute Gasteiger partial charge is 0.329 e. The first-order valence-corrected chi connectivity index (χ1v) is 7.10. The highest BCUT2D eigenvalue weighted by molar-refractivity contribution is 5.86. The number of piperidine rings is 1. The Morgan fingerprint density at radius 1 is 1.48 bits per heavy atom. The van der Waals surface area contributed by atoms with Crippen LogP contribution < -0.4 is 0 Å². The molecule has 0 radical (unpaired) electrons. The number of aliphatic carboxylic acids is 1. The molecule has 0 saturated carbocycles. The Labute approximate surface area is 124 Å². The predicted molar refractivity (Wildman–Crippen MR) is 77.7 cm³/mol. The van der Waals surface area contributed by atoms with E-state index in [0.717, 1.165) is 18.4 Å². The van der Waals surface area contributed by atoms with Gasteiger partial charge in [-0.1, -0.05) is 6.07 Å². The number of hydrogen-bond donors (Lipinski definition) is 1. The van der Waals surface area contributed by atoms with E-state index in [2.05, 4.69) is 4.98 Å². The van der Waals surface area contributed by atoms with Crippen LogP contribution in [0.3, 0.4) is 0 Å². The van der Waals surface area contributed by atoms with Crippen molar-refractivity contribution in [3.8, 4) is 0 Å². The first kappa shape index (κ1) is 15.3. The third-order valence-corrected chi connectivity index (χ3v) is 4.05. The Bertz CT molecular complexity index is 520. The number of carboxylic acids is 1. The molecule has 1 unspecified atom stereocenters. The Hall–Kier alpha value is -2.11. The minimum atomic E-state index is -1.11. The van der Waals surface area contributed by atoms with Crippen molar-refractivity contribution < 1.29 is 14.7 Å². The lowest BCUT2D eigenvalue weighted by molar-refractivity contribution is -0.150. The average molecular weight is 291 g/mol. The lowest BCUT2D eigenvalue weighted by Gasteiger charge is -2.43. The number of hydrogen-bond acceptors (Lipinski definition) is 3. The zero-order valence-corrected chi connectivity index (χ0v) is 12.5. The molecular formula is C15H21N3O3. The van der Waals surface area contributed by atoms with E-state index >= 15 is 0 Å². The maximum atomic E-state index is 12.6. The number of amides is 2. The van der Waals surface area contributed by atoms with Gasteiger partial charge in [0.1, 0.15) is 5.54 Å². The molecule has 2 heterocycles. The third kappa shape index (κ3) is 3.15. The minimum Gasteiger partial charge on any atom is -0.480 e. The van der Waals surface area contributed by atoms with Crippen molar-refractivity contribution in [1.82, 2.24) is 14.8 Å². The van der Waals surface area contributed by atoms with Crippen molar-refractivity contribution in [3.63, 3.8) is 0 Å². The van der Waals surface area contributed by atoms with Crippen molar-refractivity contribution in [2.75, 3.05) is 13.6 Å². The fourth-order valence-electron chi connectivity index (χ4n) is 2.69. The highest BCUT2D eigenvalue weighted by atomic mass is 16.4. The summed E-state index contributed by atoms with van der Waals surface area (Å²) in [6, 6.07) is 3.46. The van der Waals surface area contributed by atoms with Crippen molar-refractivity contribution in [1.29, 1.82) is 0 Å². The number of urea groups is 1. The number of rotatable bonds is 3. The predicted octanol–water partition coefficient (Wildman–Crippen LogP) is 1.96. The topological polar surface area (TPSA) is 73.7 Å². The van der Waals surface area contributed by atoms with E-state index in [1.54, 1.807) is 31.3 Å². The Balaban J connectivity index is 2.12. The van der Waals surface area contributed by atoms with Crippen LogP contribution in [0.4, 0.5) is 4.79 Å². The number of carboxylic acid groups (broad SMARTS) is 1. The molecule has 1 aromatic heterocycles. The molecule has 0 bridgehead atoms. The summed E-state index contributed by atoms with van der Waals surface area (Å²) < 4.78 is 0. The van der Waals surface area contributed by atoms with Gasteiger partial charge in [-0.05, 0) is 37.8 Å². The number of carbonyl (C=O) groups is 2. The number of aromatic nitrogens is 1. The fourth-order valence-corrected chi connectivity index (χ4v) is 2.69. The molecule has 1 N–H and O–H groups in total. The lowest BCUT2D eigenvalue weighted by atomic mass is 9.89. The summed E-state index contributed by atoms with van der Waals surface area (Å²) in [4.78, 5) is 31.2. The second-order valence-electron chi connectivity index (χ2n) is 5.69.